The predicted molar refractivity (Wildman–Crippen MR) is 154 cm³/mol. The second kappa shape index (κ2) is 10.8. The number of anilines is 3. The van der Waals surface area contributed by atoms with Crippen molar-refractivity contribution in [1.29, 1.82) is 0 Å². The number of aryl methyl sites for hydroxylation is 3. The van der Waals surface area contributed by atoms with Gasteiger partial charge in [0, 0.05) is 67.5 Å². The maximum atomic E-state index is 13.0. The number of rotatable bonds is 8. The molecule has 6 rings (SSSR count). The van der Waals surface area contributed by atoms with Gasteiger partial charge in [-0.3, -0.25) is 14.4 Å². The predicted octanol–water partition coefficient (Wildman–Crippen LogP) is 4.21. The third-order valence-corrected chi connectivity index (χ3v) is 7.09. The maximum Gasteiger partial charge on any atom is 0.238 e. The average molecular weight is 538 g/mol. The number of likely N-dealkylation sites (tertiary alicyclic amines) is 1. The summed E-state index contributed by atoms with van der Waals surface area (Å²) >= 11 is 0. The summed E-state index contributed by atoms with van der Waals surface area (Å²) in [5.41, 5.74) is 5.27. The second-order valence-electron chi connectivity index (χ2n) is 10.1. The molecule has 1 fully saturated rings. The first-order chi connectivity index (χ1) is 19.4. The summed E-state index contributed by atoms with van der Waals surface area (Å²) in [5.74, 6) is 1.69. The van der Waals surface area contributed by atoms with Gasteiger partial charge in [-0.05, 0) is 38.0 Å². The van der Waals surface area contributed by atoms with E-state index in [-0.39, 0.29) is 12.0 Å². The second-order valence-corrected chi connectivity index (χ2v) is 10.1. The summed E-state index contributed by atoms with van der Waals surface area (Å²) in [7, 11) is 1.89. The number of pyridine rings is 1. The molecule has 3 N–H and O–H groups in total. The van der Waals surface area contributed by atoms with Crippen molar-refractivity contribution in [2.75, 3.05) is 30.3 Å². The van der Waals surface area contributed by atoms with E-state index in [1.54, 1.807) is 17.1 Å². The normalized spacial score (nSPS) is 15.4. The van der Waals surface area contributed by atoms with Gasteiger partial charge in [-0.15, -0.1) is 0 Å². The number of nitrogens with zero attached hydrogens (tertiary/aromatic N) is 6. The zero-order valence-electron chi connectivity index (χ0n) is 22.7. The third kappa shape index (κ3) is 5.36. The van der Waals surface area contributed by atoms with Gasteiger partial charge in [0.05, 0.1) is 23.4 Å². The number of amides is 1. The van der Waals surface area contributed by atoms with Crippen LogP contribution in [-0.4, -0.2) is 66.3 Å². The summed E-state index contributed by atoms with van der Waals surface area (Å²) in [6, 6.07) is 13.4. The van der Waals surface area contributed by atoms with Crippen molar-refractivity contribution in [3.63, 3.8) is 0 Å². The molecule has 4 aromatic heterocycles. The zero-order chi connectivity index (χ0) is 27.6. The van der Waals surface area contributed by atoms with Crippen molar-refractivity contribution in [2.45, 2.75) is 26.4 Å². The molecule has 11 heteroatoms. The Labute approximate surface area is 231 Å². The molecule has 1 amide bonds. The first kappa shape index (κ1) is 25.5. The van der Waals surface area contributed by atoms with E-state index in [2.05, 4.69) is 35.6 Å². The van der Waals surface area contributed by atoms with E-state index < -0.39 is 0 Å². The van der Waals surface area contributed by atoms with Crippen LogP contribution in [0.2, 0.25) is 0 Å². The Bertz CT molecular complexity index is 1640. The number of aromatic nitrogens is 6. The molecule has 5 aromatic rings. The SMILES string of the molecule is Cc1cnc(Nc2cc(C)n(C)n2)nc1-c1c[nH]c2c(NC(=O)CN3CCC(Oc4ccccn4)C3)cccc12. The van der Waals surface area contributed by atoms with Crippen molar-refractivity contribution in [3.05, 3.63) is 72.3 Å². The molecule has 0 bridgehead atoms. The number of aromatic amines is 1. The van der Waals surface area contributed by atoms with Gasteiger partial charge in [0.15, 0.2) is 5.82 Å². The van der Waals surface area contributed by atoms with Gasteiger partial charge in [0.2, 0.25) is 17.7 Å². The van der Waals surface area contributed by atoms with Gasteiger partial charge in [-0.25, -0.2) is 15.0 Å². The highest BCUT2D eigenvalue weighted by Crippen LogP contribution is 2.33. The van der Waals surface area contributed by atoms with Gasteiger partial charge < -0.3 is 20.4 Å². The monoisotopic (exact) mass is 537 g/mol. The highest BCUT2D eigenvalue weighted by Gasteiger charge is 2.26. The summed E-state index contributed by atoms with van der Waals surface area (Å²) in [4.78, 5) is 31.9. The van der Waals surface area contributed by atoms with E-state index in [1.165, 1.54) is 0 Å². The third-order valence-electron chi connectivity index (χ3n) is 7.09. The summed E-state index contributed by atoms with van der Waals surface area (Å²) in [6.45, 7) is 5.74. The number of nitrogens with one attached hydrogen (secondary N) is 3. The Kier molecular flexibility index (Phi) is 6.87. The Balaban J connectivity index is 1.15. The molecule has 0 aliphatic carbocycles. The number of hydrogen-bond donors (Lipinski definition) is 3. The topological polar surface area (TPSA) is 126 Å². The van der Waals surface area contributed by atoms with E-state index in [1.807, 2.05) is 69.6 Å². The smallest absolute Gasteiger partial charge is 0.238 e. The molecule has 1 aliphatic heterocycles. The quantitative estimate of drug-likeness (QED) is 0.269. The van der Waals surface area contributed by atoms with Gasteiger partial charge >= 0.3 is 0 Å². The number of ether oxygens (including phenoxy) is 1. The number of hydrogen-bond acceptors (Lipinski definition) is 8. The molecular weight excluding hydrogens is 506 g/mol. The van der Waals surface area contributed by atoms with E-state index in [4.69, 9.17) is 9.72 Å². The van der Waals surface area contributed by atoms with Crippen LogP contribution in [0.5, 0.6) is 5.88 Å². The molecule has 0 saturated carbocycles. The molecule has 204 valence electrons. The zero-order valence-corrected chi connectivity index (χ0v) is 22.7. The van der Waals surface area contributed by atoms with Crippen LogP contribution in [-0.2, 0) is 11.8 Å². The maximum absolute atomic E-state index is 13.0. The van der Waals surface area contributed by atoms with Gasteiger partial charge in [0.1, 0.15) is 6.10 Å². The molecule has 11 nitrogen and oxygen atoms in total. The molecule has 0 radical (unpaired) electrons. The lowest BCUT2D eigenvalue weighted by Gasteiger charge is -2.16. The minimum Gasteiger partial charge on any atom is -0.473 e. The van der Waals surface area contributed by atoms with Crippen LogP contribution in [0.25, 0.3) is 22.2 Å². The fourth-order valence-electron chi connectivity index (χ4n) is 4.98. The standard InChI is InChI=1S/C29H31N9O2/c1-18-14-32-29(34-24-13-19(2)37(3)36-24)35-27(18)22-15-31-28-21(22)7-6-8-23(28)33-25(39)17-38-12-10-20(16-38)40-26-9-4-5-11-30-26/h4-9,11,13-15,20,31H,10,12,16-17H2,1-3H3,(H,33,39)(H,32,34,35,36). The Morgan fingerprint density at radius 3 is 2.88 bits per heavy atom. The summed E-state index contributed by atoms with van der Waals surface area (Å²) < 4.78 is 7.75. The minimum atomic E-state index is -0.0718. The Morgan fingerprint density at radius 2 is 2.08 bits per heavy atom. The number of fused-ring (bicyclic) bond motifs is 1. The lowest BCUT2D eigenvalue weighted by molar-refractivity contribution is -0.117. The lowest BCUT2D eigenvalue weighted by Crippen LogP contribution is -2.33. The van der Waals surface area contributed by atoms with E-state index in [0.717, 1.165) is 52.1 Å². The molecule has 1 aliphatic rings. The highest BCUT2D eigenvalue weighted by molar-refractivity contribution is 6.06. The minimum absolute atomic E-state index is 0.0225. The molecule has 40 heavy (non-hydrogen) atoms. The average Bonchev–Trinajstić information content (AvgIpc) is 3.65. The van der Waals surface area contributed by atoms with Crippen molar-refractivity contribution in [1.82, 2.24) is 34.6 Å². The molecule has 5 heterocycles. The number of H-pyrrole nitrogens is 1. The fraction of sp³-hybridized carbons (Fsp3) is 0.276. The molecule has 1 saturated heterocycles. The molecule has 1 unspecified atom stereocenters. The van der Waals surface area contributed by atoms with Gasteiger partial charge in [0.25, 0.3) is 0 Å². The van der Waals surface area contributed by atoms with Crippen LogP contribution in [0.3, 0.4) is 0 Å². The van der Waals surface area contributed by atoms with Crippen LogP contribution < -0.4 is 15.4 Å². The van der Waals surface area contributed by atoms with Crippen LogP contribution in [0.1, 0.15) is 17.7 Å². The van der Waals surface area contributed by atoms with Crippen LogP contribution >= 0.6 is 0 Å². The largest absolute Gasteiger partial charge is 0.473 e. The van der Waals surface area contributed by atoms with Gasteiger partial charge in [-0.2, -0.15) is 5.10 Å². The van der Waals surface area contributed by atoms with Crippen molar-refractivity contribution in [3.8, 4) is 17.1 Å². The lowest BCUT2D eigenvalue weighted by atomic mass is 10.1. The van der Waals surface area contributed by atoms with Crippen molar-refractivity contribution < 1.29 is 9.53 Å². The van der Waals surface area contributed by atoms with E-state index >= 15 is 0 Å². The number of carbonyl (C=O) groups excluding carboxylic acids is 1. The first-order valence-corrected chi connectivity index (χ1v) is 13.2. The molecule has 0 spiro atoms. The molecular formula is C29H31N9O2. The summed E-state index contributed by atoms with van der Waals surface area (Å²) in [5, 5.41) is 11.7. The van der Waals surface area contributed by atoms with Crippen LogP contribution in [0, 0.1) is 13.8 Å². The summed E-state index contributed by atoms with van der Waals surface area (Å²) in [6.07, 6.45) is 6.31. The number of carbonyl (C=O) groups is 1. The highest BCUT2D eigenvalue weighted by atomic mass is 16.5. The molecule has 1 aromatic carbocycles. The van der Waals surface area contributed by atoms with Crippen molar-refractivity contribution >= 4 is 34.3 Å². The molecule has 1 atom stereocenters. The Morgan fingerprint density at radius 1 is 1.18 bits per heavy atom. The number of para-hydroxylation sites is 1. The fourth-order valence-corrected chi connectivity index (χ4v) is 4.98. The van der Waals surface area contributed by atoms with Gasteiger partial charge in [-0.1, -0.05) is 18.2 Å². The van der Waals surface area contributed by atoms with Crippen molar-refractivity contribution in [2.24, 2.45) is 7.05 Å². The van der Waals surface area contributed by atoms with Crippen LogP contribution in [0.15, 0.2) is 61.1 Å². The first-order valence-electron chi connectivity index (χ1n) is 13.2. The Hall–Kier alpha value is -4.77. The van der Waals surface area contributed by atoms with E-state index in [9.17, 15) is 4.79 Å². The van der Waals surface area contributed by atoms with E-state index in [0.29, 0.717) is 30.7 Å². The number of benzene rings is 1. The van der Waals surface area contributed by atoms with Crippen LogP contribution in [0.4, 0.5) is 17.5 Å².